The second kappa shape index (κ2) is 5.07. The van der Waals surface area contributed by atoms with E-state index in [-0.39, 0.29) is 18.5 Å². The van der Waals surface area contributed by atoms with Crippen molar-refractivity contribution in [3.05, 3.63) is 12.7 Å². The first kappa shape index (κ1) is 11.1. The van der Waals surface area contributed by atoms with Crippen LogP contribution in [-0.2, 0) is 11.3 Å². The van der Waals surface area contributed by atoms with Gasteiger partial charge in [-0.3, -0.25) is 4.79 Å². The van der Waals surface area contributed by atoms with E-state index in [2.05, 4.69) is 15.4 Å². The Hall–Kier alpha value is -1.43. The molecule has 88 valence electrons. The molecule has 0 unspecified atom stereocenters. The maximum Gasteiger partial charge on any atom is 0.242 e. The molecule has 2 rings (SSSR count). The largest absolute Gasteiger partial charge is 0.352 e. The lowest BCUT2D eigenvalue weighted by Gasteiger charge is -2.26. The van der Waals surface area contributed by atoms with Crippen molar-refractivity contribution >= 4 is 5.91 Å². The molecular weight excluding hydrogens is 206 g/mol. The third kappa shape index (κ3) is 3.03. The van der Waals surface area contributed by atoms with E-state index in [1.165, 1.54) is 17.3 Å². The summed E-state index contributed by atoms with van der Waals surface area (Å²) in [6.07, 6.45) is 6.90. The Labute approximate surface area is 94.2 Å². The summed E-state index contributed by atoms with van der Waals surface area (Å²) in [5.74, 6) is -0.00836. The molecule has 3 N–H and O–H groups in total. The standard InChI is InChI=1S/C10H17N5O/c11-8-1-3-9(4-2-8)14-10(16)5-15-7-12-6-13-15/h6-9H,1-5,11H2,(H,14,16). The molecule has 1 amide bonds. The van der Waals surface area contributed by atoms with Gasteiger partial charge in [0.15, 0.2) is 0 Å². The van der Waals surface area contributed by atoms with Crippen LogP contribution in [0.25, 0.3) is 0 Å². The summed E-state index contributed by atoms with van der Waals surface area (Å²) >= 11 is 0. The molecule has 6 nitrogen and oxygen atoms in total. The second-order valence-corrected chi connectivity index (χ2v) is 4.27. The highest BCUT2D eigenvalue weighted by atomic mass is 16.2. The van der Waals surface area contributed by atoms with E-state index in [1.807, 2.05) is 0 Å². The lowest BCUT2D eigenvalue weighted by atomic mass is 9.92. The first-order valence-corrected chi connectivity index (χ1v) is 5.61. The van der Waals surface area contributed by atoms with Crippen molar-refractivity contribution in [2.24, 2.45) is 5.73 Å². The van der Waals surface area contributed by atoms with Crippen LogP contribution in [0.15, 0.2) is 12.7 Å². The Morgan fingerprint density at radius 1 is 1.44 bits per heavy atom. The van der Waals surface area contributed by atoms with Crippen LogP contribution in [0.3, 0.4) is 0 Å². The molecule has 1 saturated carbocycles. The lowest BCUT2D eigenvalue weighted by molar-refractivity contribution is -0.122. The Morgan fingerprint density at radius 2 is 2.19 bits per heavy atom. The van der Waals surface area contributed by atoms with E-state index in [0.717, 1.165) is 25.7 Å². The minimum atomic E-state index is -0.00836. The fourth-order valence-corrected chi connectivity index (χ4v) is 2.00. The number of hydrogen-bond acceptors (Lipinski definition) is 4. The summed E-state index contributed by atoms with van der Waals surface area (Å²) in [4.78, 5) is 15.4. The minimum Gasteiger partial charge on any atom is -0.352 e. The van der Waals surface area contributed by atoms with Gasteiger partial charge in [0.25, 0.3) is 0 Å². The Bertz CT molecular complexity index is 329. The zero-order valence-electron chi connectivity index (χ0n) is 9.17. The maximum absolute atomic E-state index is 11.6. The Balaban J connectivity index is 1.75. The predicted molar refractivity (Wildman–Crippen MR) is 58.4 cm³/mol. The van der Waals surface area contributed by atoms with E-state index in [4.69, 9.17) is 5.73 Å². The van der Waals surface area contributed by atoms with Crippen molar-refractivity contribution in [1.82, 2.24) is 20.1 Å². The first-order valence-electron chi connectivity index (χ1n) is 5.61. The molecule has 0 aliphatic heterocycles. The summed E-state index contributed by atoms with van der Waals surface area (Å²) in [6, 6.07) is 0.583. The highest BCUT2D eigenvalue weighted by molar-refractivity contribution is 5.75. The van der Waals surface area contributed by atoms with Crippen LogP contribution in [0.2, 0.25) is 0 Å². The Morgan fingerprint density at radius 3 is 2.81 bits per heavy atom. The van der Waals surface area contributed by atoms with E-state index in [0.29, 0.717) is 6.04 Å². The number of nitrogens with one attached hydrogen (secondary N) is 1. The monoisotopic (exact) mass is 223 g/mol. The van der Waals surface area contributed by atoms with Crippen molar-refractivity contribution < 1.29 is 4.79 Å². The van der Waals surface area contributed by atoms with Crippen LogP contribution in [0.5, 0.6) is 0 Å². The molecule has 0 atom stereocenters. The second-order valence-electron chi connectivity index (χ2n) is 4.27. The van der Waals surface area contributed by atoms with Gasteiger partial charge in [-0.05, 0) is 25.7 Å². The van der Waals surface area contributed by atoms with Crippen LogP contribution in [0.1, 0.15) is 25.7 Å². The molecule has 0 spiro atoms. The molecule has 0 saturated heterocycles. The molecule has 1 aromatic rings. The van der Waals surface area contributed by atoms with E-state index < -0.39 is 0 Å². The zero-order chi connectivity index (χ0) is 11.4. The number of aromatic nitrogens is 3. The van der Waals surface area contributed by atoms with Crippen molar-refractivity contribution in [3.63, 3.8) is 0 Å². The molecule has 1 fully saturated rings. The van der Waals surface area contributed by atoms with E-state index >= 15 is 0 Å². The van der Waals surface area contributed by atoms with Crippen LogP contribution < -0.4 is 11.1 Å². The van der Waals surface area contributed by atoms with Gasteiger partial charge in [0, 0.05) is 12.1 Å². The van der Waals surface area contributed by atoms with Crippen LogP contribution in [0.4, 0.5) is 0 Å². The molecule has 1 aliphatic rings. The smallest absolute Gasteiger partial charge is 0.242 e. The van der Waals surface area contributed by atoms with Gasteiger partial charge >= 0.3 is 0 Å². The molecule has 1 aromatic heterocycles. The SMILES string of the molecule is NC1CCC(NC(=O)Cn2cncn2)CC1. The van der Waals surface area contributed by atoms with Gasteiger partial charge in [-0.25, -0.2) is 9.67 Å². The summed E-state index contributed by atoms with van der Waals surface area (Å²) in [7, 11) is 0. The average Bonchev–Trinajstić information content (AvgIpc) is 2.74. The summed E-state index contributed by atoms with van der Waals surface area (Å²) in [5.41, 5.74) is 5.80. The van der Waals surface area contributed by atoms with E-state index in [1.54, 1.807) is 0 Å². The third-order valence-corrected chi connectivity index (χ3v) is 2.91. The normalized spacial score (nSPS) is 25.3. The maximum atomic E-state index is 11.6. The fraction of sp³-hybridized carbons (Fsp3) is 0.700. The molecule has 1 heterocycles. The molecule has 1 aliphatic carbocycles. The summed E-state index contributed by atoms with van der Waals surface area (Å²) in [6.45, 7) is 0.239. The molecule has 0 bridgehead atoms. The molecule has 0 radical (unpaired) electrons. The van der Waals surface area contributed by atoms with Gasteiger partial charge < -0.3 is 11.1 Å². The van der Waals surface area contributed by atoms with Crippen LogP contribution in [0, 0.1) is 0 Å². The highest BCUT2D eigenvalue weighted by Crippen LogP contribution is 2.16. The first-order chi connectivity index (χ1) is 7.74. The van der Waals surface area contributed by atoms with Gasteiger partial charge in [-0.15, -0.1) is 0 Å². The number of carbonyl (C=O) groups excluding carboxylic acids is 1. The van der Waals surface area contributed by atoms with Gasteiger partial charge in [-0.1, -0.05) is 0 Å². The number of hydrogen-bond donors (Lipinski definition) is 2. The number of nitrogens with zero attached hydrogens (tertiary/aromatic N) is 3. The fourth-order valence-electron chi connectivity index (χ4n) is 2.00. The highest BCUT2D eigenvalue weighted by Gasteiger charge is 2.19. The summed E-state index contributed by atoms with van der Waals surface area (Å²) in [5, 5.41) is 6.88. The van der Waals surface area contributed by atoms with Gasteiger partial charge in [0.1, 0.15) is 19.2 Å². The number of carbonyl (C=O) groups is 1. The van der Waals surface area contributed by atoms with Crippen molar-refractivity contribution in [1.29, 1.82) is 0 Å². The zero-order valence-corrected chi connectivity index (χ0v) is 9.17. The van der Waals surface area contributed by atoms with Crippen LogP contribution >= 0.6 is 0 Å². The third-order valence-electron chi connectivity index (χ3n) is 2.91. The number of nitrogens with two attached hydrogens (primary N) is 1. The van der Waals surface area contributed by atoms with Gasteiger partial charge in [-0.2, -0.15) is 5.10 Å². The van der Waals surface area contributed by atoms with Crippen LogP contribution in [-0.4, -0.2) is 32.8 Å². The predicted octanol–water partition coefficient (Wildman–Crippen LogP) is -0.336. The van der Waals surface area contributed by atoms with Gasteiger partial charge in [0.05, 0.1) is 0 Å². The average molecular weight is 223 g/mol. The quantitative estimate of drug-likeness (QED) is 0.734. The lowest BCUT2D eigenvalue weighted by Crippen LogP contribution is -2.41. The van der Waals surface area contributed by atoms with Gasteiger partial charge in [0.2, 0.25) is 5.91 Å². The van der Waals surface area contributed by atoms with Crippen molar-refractivity contribution in [3.8, 4) is 0 Å². The number of rotatable bonds is 3. The Kier molecular flexibility index (Phi) is 3.51. The van der Waals surface area contributed by atoms with E-state index in [9.17, 15) is 4.79 Å². The minimum absolute atomic E-state index is 0.00836. The molecule has 6 heteroatoms. The van der Waals surface area contributed by atoms with Crippen molar-refractivity contribution in [2.75, 3.05) is 0 Å². The molecule has 0 aromatic carbocycles. The molecular formula is C10H17N5O. The number of amides is 1. The topological polar surface area (TPSA) is 85.8 Å². The molecule has 16 heavy (non-hydrogen) atoms. The summed E-state index contributed by atoms with van der Waals surface area (Å²) < 4.78 is 1.52. The van der Waals surface area contributed by atoms with Crippen molar-refractivity contribution in [2.45, 2.75) is 44.3 Å².